The molecule has 1 unspecified atom stereocenters. The highest BCUT2D eigenvalue weighted by Crippen LogP contribution is 2.30. The first-order valence-corrected chi connectivity index (χ1v) is 11.5. The number of hydrogen-bond donors (Lipinski definition) is 1. The monoisotopic (exact) mass is 402 g/mol. The molecule has 0 radical (unpaired) electrons. The lowest BCUT2D eigenvalue weighted by molar-refractivity contribution is 0.284. The van der Waals surface area contributed by atoms with Crippen molar-refractivity contribution >= 4 is 31.2 Å². The van der Waals surface area contributed by atoms with Gasteiger partial charge >= 0.3 is 0 Å². The Morgan fingerprint density at radius 2 is 1.56 bits per heavy atom. The normalized spacial score (nSPS) is 14.0. The Bertz CT molecular complexity index is 930. The number of rotatable bonds is 7. The van der Waals surface area contributed by atoms with E-state index in [9.17, 15) is 16.8 Å². The SMILES string of the molecule is CCC(Cc1ccc(S(=O)(=O)c2ccc(S(N)(=O)=O)s2)cc1)N(C)C. The van der Waals surface area contributed by atoms with Gasteiger partial charge in [-0.15, -0.1) is 11.3 Å². The minimum atomic E-state index is -3.91. The predicted molar refractivity (Wildman–Crippen MR) is 99.1 cm³/mol. The number of hydrogen-bond acceptors (Lipinski definition) is 6. The molecule has 2 N–H and O–H groups in total. The summed E-state index contributed by atoms with van der Waals surface area (Å²) in [6.45, 7) is 2.11. The fourth-order valence-corrected chi connectivity index (χ4v) is 6.08. The molecule has 0 amide bonds. The summed E-state index contributed by atoms with van der Waals surface area (Å²) in [7, 11) is -3.62. The second kappa shape index (κ2) is 7.55. The second-order valence-corrected chi connectivity index (χ2v) is 11.0. The van der Waals surface area contributed by atoms with Gasteiger partial charge in [0.2, 0.25) is 19.9 Å². The molecule has 2 rings (SSSR count). The first-order chi connectivity index (χ1) is 11.6. The standard InChI is InChI=1S/C16H22N2O4S3/c1-4-13(18(2)3)11-12-5-7-14(8-6-12)24(19,20)15-9-10-16(23-15)25(17,21)22/h5-10,13H,4,11H2,1-3H3,(H2,17,21,22). The van der Waals surface area contributed by atoms with Gasteiger partial charge in [-0.05, 0) is 56.8 Å². The quantitative estimate of drug-likeness (QED) is 0.765. The van der Waals surface area contributed by atoms with Crippen molar-refractivity contribution in [3.05, 3.63) is 42.0 Å². The molecule has 0 saturated heterocycles. The van der Waals surface area contributed by atoms with Crippen LogP contribution in [0.1, 0.15) is 18.9 Å². The molecule has 0 saturated carbocycles. The molecule has 1 atom stereocenters. The van der Waals surface area contributed by atoms with Gasteiger partial charge in [0.25, 0.3) is 0 Å². The molecule has 0 aliphatic heterocycles. The van der Waals surface area contributed by atoms with Crippen LogP contribution in [0.4, 0.5) is 0 Å². The van der Waals surface area contributed by atoms with Crippen LogP contribution in [0.15, 0.2) is 49.7 Å². The van der Waals surface area contributed by atoms with E-state index >= 15 is 0 Å². The summed E-state index contributed by atoms with van der Waals surface area (Å²) in [5.41, 5.74) is 1.05. The molecule has 1 heterocycles. The summed E-state index contributed by atoms with van der Waals surface area (Å²) >= 11 is 0.656. The first kappa shape index (κ1) is 20.1. The maximum atomic E-state index is 12.6. The van der Waals surface area contributed by atoms with Crippen LogP contribution in [0.2, 0.25) is 0 Å². The summed E-state index contributed by atoms with van der Waals surface area (Å²) in [5, 5.41) is 5.04. The van der Waals surface area contributed by atoms with Crippen LogP contribution in [0.5, 0.6) is 0 Å². The Morgan fingerprint density at radius 3 is 2.00 bits per heavy atom. The van der Waals surface area contributed by atoms with Gasteiger partial charge in [0, 0.05) is 6.04 Å². The first-order valence-electron chi connectivity index (χ1n) is 7.68. The number of sulfonamides is 1. The smallest absolute Gasteiger partial charge is 0.247 e. The summed E-state index contributed by atoms with van der Waals surface area (Å²) in [6, 6.07) is 9.58. The Balaban J connectivity index is 2.27. The molecule has 0 aliphatic carbocycles. The van der Waals surface area contributed by atoms with Crippen molar-refractivity contribution in [1.82, 2.24) is 4.90 Å². The van der Waals surface area contributed by atoms with Crippen molar-refractivity contribution in [3.63, 3.8) is 0 Å². The zero-order valence-corrected chi connectivity index (χ0v) is 16.8. The van der Waals surface area contributed by atoms with E-state index in [1.165, 1.54) is 12.1 Å². The highest BCUT2D eigenvalue weighted by atomic mass is 32.3. The number of thiophene rings is 1. The molecule has 0 bridgehead atoms. The molecule has 9 heteroatoms. The number of nitrogens with two attached hydrogens (primary N) is 1. The topological polar surface area (TPSA) is 97.5 Å². The second-order valence-electron chi connectivity index (χ2n) is 6.00. The Labute approximate surface area is 153 Å². The molecule has 0 spiro atoms. The molecule has 25 heavy (non-hydrogen) atoms. The molecule has 1 aromatic heterocycles. The van der Waals surface area contributed by atoms with E-state index < -0.39 is 19.9 Å². The van der Waals surface area contributed by atoms with Crippen LogP contribution in [0.3, 0.4) is 0 Å². The van der Waals surface area contributed by atoms with Gasteiger partial charge in [-0.2, -0.15) is 0 Å². The fraction of sp³-hybridized carbons (Fsp3) is 0.375. The van der Waals surface area contributed by atoms with Crippen LogP contribution in [-0.2, 0) is 26.3 Å². The largest absolute Gasteiger partial charge is 0.306 e. The van der Waals surface area contributed by atoms with E-state index in [1.54, 1.807) is 24.3 Å². The van der Waals surface area contributed by atoms with Crippen molar-refractivity contribution in [3.8, 4) is 0 Å². The van der Waals surface area contributed by atoms with E-state index in [-0.39, 0.29) is 13.3 Å². The van der Waals surface area contributed by atoms with Gasteiger partial charge in [0.1, 0.15) is 8.42 Å². The van der Waals surface area contributed by atoms with Gasteiger partial charge in [0.05, 0.1) is 4.90 Å². The highest BCUT2D eigenvalue weighted by molar-refractivity contribution is 7.95. The molecule has 6 nitrogen and oxygen atoms in total. The Morgan fingerprint density at radius 1 is 1.00 bits per heavy atom. The number of primary sulfonamides is 1. The third-order valence-electron chi connectivity index (χ3n) is 4.01. The van der Waals surface area contributed by atoms with E-state index in [1.807, 2.05) is 14.1 Å². The van der Waals surface area contributed by atoms with Crippen LogP contribution < -0.4 is 5.14 Å². The molecule has 2 aromatic rings. The number of likely N-dealkylation sites (N-methyl/N-ethyl adjacent to an activating group) is 1. The Hall–Kier alpha value is -1.26. The molecular weight excluding hydrogens is 380 g/mol. The molecule has 138 valence electrons. The third kappa shape index (κ3) is 4.68. The van der Waals surface area contributed by atoms with E-state index in [0.717, 1.165) is 18.4 Å². The molecule has 0 aliphatic rings. The van der Waals surface area contributed by atoms with E-state index in [0.29, 0.717) is 17.4 Å². The summed E-state index contributed by atoms with van der Waals surface area (Å²) in [5.74, 6) is 0. The van der Waals surface area contributed by atoms with Crippen molar-refractivity contribution in [1.29, 1.82) is 0 Å². The van der Waals surface area contributed by atoms with Gasteiger partial charge in [-0.3, -0.25) is 0 Å². The Kier molecular flexibility index (Phi) is 6.05. The van der Waals surface area contributed by atoms with E-state index in [4.69, 9.17) is 5.14 Å². The highest BCUT2D eigenvalue weighted by Gasteiger charge is 2.22. The lowest BCUT2D eigenvalue weighted by atomic mass is 10.0. The summed E-state index contributed by atoms with van der Waals surface area (Å²) in [6.07, 6.45) is 1.83. The molecule has 1 aromatic carbocycles. The minimum absolute atomic E-state index is 0.0380. The number of nitrogens with zero attached hydrogens (tertiary/aromatic N) is 1. The van der Waals surface area contributed by atoms with Crippen LogP contribution in [0, 0.1) is 0 Å². The summed E-state index contributed by atoms with van der Waals surface area (Å²) in [4.78, 5) is 2.28. The zero-order valence-electron chi connectivity index (χ0n) is 14.3. The molecule has 0 fully saturated rings. The molecular formula is C16H22N2O4S3. The lowest BCUT2D eigenvalue weighted by Gasteiger charge is -2.22. The van der Waals surface area contributed by atoms with Gasteiger partial charge in [-0.25, -0.2) is 22.0 Å². The van der Waals surface area contributed by atoms with Crippen LogP contribution >= 0.6 is 11.3 Å². The van der Waals surface area contributed by atoms with Gasteiger partial charge in [-0.1, -0.05) is 19.1 Å². The van der Waals surface area contributed by atoms with Crippen molar-refractivity contribution in [2.24, 2.45) is 5.14 Å². The van der Waals surface area contributed by atoms with Crippen molar-refractivity contribution < 1.29 is 16.8 Å². The average Bonchev–Trinajstić information content (AvgIpc) is 3.03. The number of sulfone groups is 1. The maximum absolute atomic E-state index is 12.6. The number of benzene rings is 1. The van der Waals surface area contributed by atoms with Gasteiger partial charge in [0.15, 0.2) is 0 Å². The minimum Gasteiger partial charge on any atom is -0.306 e. The maximum Gasteiger partial charge on any atom is 0.247 e. The van der Waals surface area contributed by atoms with Crippen molar-refractivity contribution in [2.75, 3.05) is 14.1 Å². The lowest BCUT2D eigenvalue weighted by Crippen LogP contribution is -2.29. The summed E-state index contributed by atoms with van der Waals surface area (Å²) < 4.78 is 47.7. The zero-order chi connectivity index (χ0) is 18.8. The van der Waals surface area contributed by atoms with Crippen LogP contribution in [-0.4, -0.2) is 41.9 Å². The van der Waals surface area contributed by atoms with Crippen LogP contribution in [0.25, 0.3) is 0 Å². The third-order valence-corrected chi connectivity index (χ3v) is 8.79. The van der Waals surface area contributed by atoms with Crippen molar-refractivity contribution in [2.45, 2.75) is 39.1 Å². The predicted octanol–water partition coefficient (Wildman–Crippen LogP) is 2.11. The fourth-order valence-electron chi connectivity index (χ4n) is 2.49. The van der Waals surface area contributed by atoms with E-state index in [2.05, 4.69) is 11.8 Å². The average molecular weight is 403 g/mol. The van der Waals surface area contributed by atoms with Gasteiger partial charge < -0.3 is 4.90 Å².